The van der Waals surface area contributed by atoms with E-state index in [9.17, 15) is 4.79 Å². The van der Waals surface area contributed by atoms with E-state index in [0.29, 0.717) is 17.8 Å². The Hall–Kier alpha value is -2.50. The Morgan fingerprint density at radius 1 is 1.45 bits per heavy atom. The summed E-state index contributed by atoms with van der Waals surface area (Å²) in [5, 5.41) is 2.83. The Morgan fingerprint density at radius 3 is 2.75 bits per heavy atom. The number of nitrogens with zero attached hydrogens (tertiary/aromatic N) is 3. The van der Waals surface area contributed by atoms with Gasteiger partial charge in [-0.25, -0.2) is 4.98 Å². The van der Waals surface area contributed by atoms with Crippen molar-refractivity contribution in [2.24, 2.45) is 7.05 Å². The number of imidazole rings is 1. The summed E-state index contributed by atoms with van der Waals surface area (Å²) in [7, 11) is 5.71. The van der Waals surface area contributed by atoms with Crippen LogP contribution in [0.3, 0.4) is 0 Å². The number of aromatic nitrogens is 2. The van der Waals surface area contributed by atoms with Crippen LogP contribution in [-0.2, 0) is 13.6 Å². The van der Waals surface area contributed by atoms with Crippen molar-refractivity contribution < 1.29 is 4.79 Å². The molecule has 0 aliphatic rings. The fourth-order valence-electron chi connectivity index (χ4n) is 1.93. The van der Waals surface area contributed by atoms with Crippen LogP contribution >= 0.6 is 0 Å². The third-order valence-electron chi connectivity index (χ3n) is 3.10. The van der Waals surface area contributed by atoms with E-state index in [4.69, 9.17) is 5.73 Å². The first kappa shape index (κ1) is 13.9. The molecule has 0 fully saturated rings. The number of rotatable bonds is 4. The van der Waals surface area contributed by atoms with Gasteiger partial charge in [0.05, 0.1) is 17.9 Å². The molecule has 1 aromatic heterocycles. The van der Waals surface area contributed by atoms with Crippen molar-refractivity contribution in [3.63, 3.8) is 0 Å². The summed E-state index contributed by atoms with van der Waals surface area (Å²) in [5.41, 5.74) is 7.96. The molecule has 6 nitrogen and oxygen atoms in total. The van der Waals surface area contributed by atoms with Crippen LogP contribution in [0, 0.1) is 0 Å². The van der Waals surface area contributed by atoms with Crippen LogP contribution in [0.25, 0.3) is 0 Å². The number of aryl methyl sites for hydroxylation is 1. The number of amides is 1. The van der Waals surface area contributed by atoms with E-state index in [2.05, 4.69) is 10.3 Å². The summed E-state index contributed by atoms with van der Waals surface area (Å²) in [4.78, 5) is 18.1. The molecule has 20 heavy (non-hydrogen) atoms. The Kier molecular flexibility index (Phi) is 3.93. The molecule has 2 rings (SSSR count). The van der Waals surface area contributed by atoms with Crippen LogP contribution in [0.4, 0.5) is 11.4 Å². The molecular formula is C14H19N5O. The van der Waals surface area contributed by atoms with E-state index in [1.54, 1.807) is 18.3 Å². The highest BCUT2D eigenvalue weighted by molar-refractivity contribution is 5.96. The minimum Gasteiger partial charge on any atom is -0.397 e. The summed E-state index contributed by atoms with van der Waals surface area (Å²) in [6, 6.07) is 5.29. The first-order valence-corrected chi connectivity index (χ1v) is 6.30. The molecule has 0 radical (unpaired) electrons. The molecular weight excluding hydrogens is 254 g/mol. The fraction of sp³-hybridized carbons (Fsp3) is 0.286. The van der Waals surface area contributed by atoms with Crippen LogP contribution in [-0.4, -0.2) is 29.6 Å². The molecule has 2 aromatic rings. The number of hydrogen-bond donors (Lipinski definition) is 2. The number of benzene rings is 1. The lowest BCUT2D eigenvalue weighted by Crippen LogP contribution is -2.24. The summed E-state index contributed by atoms with van der Waals surface area (Å²) < 4.78 is 1.86. The first-order chi connectivity index (χ1) is 9.49. The van der Waals surface area contributed by atoms with E-state index in [0.717, 1.165) is 11.5 Å². The lowest BCUT2D eigenvalue weighted by atomic mass is 10.1. The lowest BCUT2D eigenvalue weighted by Gasteiger charge is -2.15. The van der Waals surface area contributed by atoms with Crippen LogP contribution in [0.2, 0.25) is 0 Å². The van der Waals surface area contributed by atoms with E-state index in [1.165, 1.54) is 0 Å². The molecule has 6 heteroatoms. The maximum atomic E-state index is 12.1. The molecule has 0 saturated heterocycles. The van der Waals surface area contributed by atoms with Crippen molar-refractivity contribution >= 4 is 17.3 Å². The number of nitrogens with one attached hydrogen (secondary N) is 1. The van der Waals surface area contributed by atoms with Gasteiger partial charge in [0, 0.05) is 39.1 Å². The molecule has 0 saturated carbocycles. The van der Waals surface area contributed by atoms with Crippen molar-refractivity contribution in [1.29, 1.82) is 0 Å². The van der Waals surface area contributed by atoms with Crippen molar-refractivity contribution in [2.45, 2.75) is 6.54 Å². The SMILES string of the molecule is CN(C)c1ccc(C(=O)NCc2nccn2C)cc1N. The largest absolute Gasteiger partial charge is 0.397 e. The van der Waals surface area contributed by atoms with Gasteiger partial charge in [0.2, 0.25) is 0 Å². The lowest BCUT2D eigenvalue weighted by molar-refractivity contribution is 0.0949. The highest BCUT2D eigenvalue weighted by Crippen LogP contribution is 2.22. The standard InChI is InChI=1S/C14H19N5O/c1-18(2)12-5-4-10(8-11(12)15)14(20)17-9-13-16-6-7-19(13)3/h4-8H,9,15H2,1-3H3,(H,17,20). The smallest absolute Gasteiger partial charge is 0.251 e. The van der Waals surface area contributed by atoms with E-state index in [-0.39, 0.29) is 5.91 Å². The Balaban J connectivity index is 2.06. The molecule has 0 unspecified atom stereocenters. The van der Waals surface area contributed by atoms with Gasteiger partial charge in [-0.1, -0.05) is 0 Å². The summed E-state index contributed by atoms with van der Waals surface area (Å²) in [6.45, 7) is 0.387. The van der Waals surface area contributed by atoms with Crippen molar-refractivity contribution in [1.82, 2.24) is 14.9 Å². The van der Waals surface area contributed by atoms with Crippen LogP contribution in [0.5, 0.6) is 0 Å². The highest BCUT2D eigenvalue weighted by Gasteiger charge is 2.10. The van der Waals surface area contributed by atoms with Gasteiger partial charge in [-0.2, -0.15) is 0 Å². The van der Waals surface area contributed by atoms with Crippen LogP contribution in [0.1, 0.15) is 16.2 Å². The van der Waals surface area contributed by atoms with E-state index < -0.39 is 0 Å². The van der Waals surface area contributed by atoms with Gasteiger partial charge in [0.15, 0.2) is 0 Å². The molecule has 0 bridgehead atoms. The van der Waals surface area contributed by atoms with Gasteiger partial charge < -0.3 is 20.5 Å². The number of nitrogen functional groups attached to an aromatic ring is 1. The molecule has 106 valence electrons. The zero-order valence-electron chi connectivity index (χ0n) is 11.9. The average Bonchev–Trinajstić information content (AvgIpc) is 2.81. The average molecular weight is 273 g/mol. The predicted molar refractivity (Wildman–Crippen MR) is 79.6 cm³/mol. The predicted octanol–water partition coefficient (Wildman–Crippen LogP) is 0.998. The molecule has 0 atom stereocenters. The minimum atomic E-state index is -0.162. The summed E-state index contributed by atoms with van der Waals surface area (Å²) >= 11 is 0. The van der Waals surface area contributed by atoms with E-state index >= 15 is 0 Å². The Morgan fingerprint density at radius 2 is 2.20 bits per heavy atom. The number of anilines is 2. The molecule has 0 spiro atoms. The van der Waals surface area contributed by atoms with Crippen molar-refractivity contribution in [2.75, 3.05) is 24.7 Å². The molecule has 1 amide bonds. The molecule has 1 heterocycles. The third-order valence-corrected chi connectivity index (χ3v) is 3.10. The normalized spacial score (nSPS) is 10.3. The van der Waals surface area contributed by atoms with E-state index in [1.807, 2.05) is 42.9 Å². The first-order valence-electron chi connectivity index (χ1n) is 6.30. The zero-order chi connectivity index (χ0) is 14.7. The Bertz CT molecular complexity index is 618. The van der Waals surface area contributed by atoms with Crippen LogP contribution in [0.15, 0.2) is 30.6 Å². The zero-order valence-corrected chi connectivity index (χ0v) is 11.9. The fourth-order valence-corrected chi connectivity index (χ4v) is 1.93. The third kappa shape index (κ3) is 2.90. The molecule has 0 aliphatic carbocycles. The van der Waals surface area contributed by atoms with Gasteiger partial charge in [-0.05, 0) is 18.2 Å². The van der Waals surface area contributed by atoms with Gasteiger partial charge in [0.1, 0.15) is 5.82 Å². The molecule has 0 aliphatic heterocycles. The molecule has 3 N–H and O–H groups in total. The second-order valence-electron chi connectivity index (χ2n) is 4.81. The quantitative estimate of drug-likeness (QED) is 0.815. The van der Waals surface area contributed by atoms with Crippen molar-refractivity contribution in [3.05, 3.63) is 42.0 Å². The minimum absolute atomic E-state index is 0.162. The second kappa shape index (κ2) is 5.64. The number of carbonyl (C=O) groups excluding carboxylic acids is 1. The summed E-state index contributed by atoms with van der Waals surface area (Å²) in [5.74, 6) is 0.640. The van der Waals surface area contributed by atoms with Gasteiger partial charge >= 0.3 is 0 Å². The number of carbonyl (C=O) groups is 1. The second-order valence-corrected chi connectivity index (χ2v) is 4.81. The topological polar surface area (TPSA) is 76.2 Å². The maximum Gasteiger partial charge on any atom is 0.251 e. The van der Waals surface area contributed by atoms with Gasteiger partial charge in [-0.3, -0.25) is 4.79 Å². The summed E-state index contributed by atoms with van der Waals surface area (Å²) in [6.07, 6.45) is 3.54. The number of hydrogen-bond acceptors (Lipinski definition) is 4. The molecule has 1 aromatic carbocycles. The number of nitrogens with two attached hydrogens (primary N) is 1. The Labute approximate surface area is 118 Å². The maximum absolute atomic E-state index is 12.1. The van der Waals surface area contributed by atoms with Crippen LogP contribution < -0.4 is 16.0 Å². The monoisotopic (exact) mass is 273 g/mol. The van der Waals surface area contributed by atoms with Gasteiger partial charge in [0.25, 0.3) is 5.91 Å². The van der Waals surface area contributed by atoms with Crippen molar-refractivity contribution in [3.8, 4) is 0 Å². The van der Waals surface area contributed by atoms with Gasteiger partial charge in [-0.15, -0.1) is 0 Å². The highest BCUT2D eigenvalue weighted by atomic mass is 16.1.